The fourth-order valence-corrected chi connectivity index (χ4v) is 2.69. The first-order valence-electron chi connectivity index (χ1n) is 8.99. The van der Waals surface area contributed by atoms with Crippen LogP contribution in [0, 0.1) is 5.92 Å². The number of carbonyl (C=O) groups excluding carboxylic acids is 1. The summed E-state index contributed by atoms with van der Waals surface area (Å²) in [6.45, 7) is 6.46. The lowest BCUT2D eigenvalue weighted by atomic mass is 10.0. The molecule has 24 heavy (non-hydrogen) atoms. The molecule has 0 aliphatic heterocycles. The number of hydrogen-bond donors (Lipinski definition) is 1. The number of benzene rings is 1. The van der Waals surface area contributed by atoms with Gasteiger partial charge in [-0.3, -0.25) is 0 Å². The van der Waals surface area contributed by atoms with Gasteiger partial charge < -0.3 is 9.84 Å². The van der Waals surface area contributed by atoms with Gasteiger partial charge >= 0.3 is 11.9 Å². The van der Waals surface area contributed by atoms with E-state index in [9.17, 15) is 9.59 Å². The molecule has 0 aromatic heterocycles. The third kappa shape index (κ3) is 7.16. The van der Waals surface area contributed by atoms with E-state index in [1.165, 1.54) is 31.4 Å². The van der Waals surface area contributed by atoms with E-state index >= 15 is 0 Å². The highest BCUT2D eigenvalue weighted by atomic mass is 16.5. The average molecular weight is 334 g/mol. The monoisotopic (exact) mass is 334 g/mol. The van der Waals surface area contributed by atoms with Crippen LogP contribution >= 0.6 is 0 Å². The van der Waals surface area contributed by atoms with Crippen molar-refractivity contribution in [2.75, 3.05) is 0 Å². The number of aromatic carboxylic acids is 1. The van der Waals surface area contributed by atoms with Gasteiger partial charge in [0.15, 0.2) is 0 Å². The zero-order valence-electron chi connectivity index (χ0n) is 15.1. The molecule has 134 valence electrons. The zero-order valence-corrected chi connectivity index (χ0v) is 15.1. The molecule has 4 heteroatoms. The van der Waals surface area contributed by atoms with Crippen molar-refractivity contribution >= 4 is 11.9 Å². The van der Waals surface area contributed by atoms with Crippen LogP contribution in [0.1, 0.15) is 86.4 Å². The molecule has 1 aromatic carbocycles. The third-order valence-corrected chi connectivity index (χ3v) is 4.16. The molecular weight excluding hydrogens is 304 g/mol. The molecule has 0 saturated heterocycles. The lowest BCUT2D eigenvalue weighted by Gasteiger charge is -2.17. The molecular formula is C20H30O4. The molecule has 0 amide bonds. The normalized spacial score (nSPS) is 12.2. The minimum atomic E-state index is -1.11. The zero-order chi connectivity index (χ0) is 17.9. The molecule has 0 spiro atoms. The van der Waals surface area contributed by atoms with Crippen LogP contribution < -0.4 is 0 Å². The third-order valence-electron chi connectivity index (χ3n) is 4.16. The number of esters is 1. The Morgan fingerprint density at radius 2 is 1.58 bits per heavy atom. The van der Waals surface area contributed by atoms with E-state index in [0.717, 1.165) is 31.6 Å². The summed E-state index contributed by atoms with van der Waals surface area (Å²) in [5.41, 5.74) is 0.117. The van der Waals surface area contributed by atoms with Gasteiger partial charge in [-0.2, -0.15) is 0 Å². The van der Waals surface area contributed by atoms with Crippen LogP contribution in [-0.2, 0) is 4.74 Å². The quantitative estimate of drug-likeness (QED) is 0.439. The van der Waals surface area contributed by atoms with Crippen molar-refractivity contribution in [2.45, 2.75) is 71.8 Å². The maximum atomic E-state index is 12.3. The highest BCUT2D eigenvalue weighted by molar-refractivity contribution is 6.02. The molecule has 1 aromatic rings. The molecule has 0 aliphatic rings. The Bertz CT molecular complexity index is 522. The van der Waals surface area contributed by atoms with E-state index in [2.05, 4.69) is 13.8 Å². The highest BCUT2D eigenvalue weighted by Gasteiger charge is 2.20. The van der Waals surface area contributed by atoms with E-state index in [4.69, 9.17) is 9.84 Å². The highest BCUT2D eigenvalue weighted by Crippen LogP contribution is 2.17. The average Bonchev–Trinajstić information content (AvgIpc) is 2.56. The summed E-state index contributed by atoms with van der Waals surface area (Å²) in [4.78, 5) is 23.5. The molecule has 0 bridgehead atoms. The van der Waals surface area contributed by atoms with Crippen LogP contribution in [0.2, 0.25) is 0 Å². The second-order valence-electron chi connectivity index (χ2n) is 6.67. The predicted molar refractivity (Wildman–Crippen MR) is 95.4 cm³/mol. The predicted octanol–water partition coefficient (Wildman–Crippen LogP) is 5.32. The van der Waals surface area contributed by atoms with Gasteiger partial charge in [-0.15, -0.1) is 0 Å². The summed E-state index contributed by atoms with van der Waals surface area (Å²) in [5, 5.41) is 9.16. The van der Waals surface area contributed by atoms with Gasteiger partial charge in [0.25, 0.3) is 0 Å². The Hall–Kier alpha value is -1.84. The van der Waals surface area contributed by atoms with Crippen LogP contribution in [-0.4, -0.2) is 23.1 Å². The number of carbonyl (C=O) groups is 2. The van der Waals surface area contributed by atoms with Crippen molar-refractivity contribution in [3.05, 3.63) is 35.4 Å². The lowest BCUT2D eigenvalue weighted by molar-refractivity contribution is 0.0262. The summed E-state index contributed by atoms with van der Waals surface area (Å²) in [6, 6.07) is 6.19. The first kappa shape index (κ1) is 20.2. The molecule has 0 saturated carbocycles. The maximum absolute atomic E-state index is 12.3. The maximum Gasteiger partial charge on any atom is 0.339 e. The number of rotatable bonds is 11. The van der Waals surface area contributed by atoms with Crippen molar-refractivity contribution in [1.82, 2.24) is 0 Å². The van der Waals surface area contributed by atoms with E-state index in [1.807, 2.05) is 6.92 Å². The van der Waals surface area contributed by atoms with E-state index in [0.29, 0.717) is 0 Å². The van der Waals surface area contributed by atoms with Gasteiger partial charge in [-0.1, -0.05) is 58.6 Å². The lowest BCUT2D eigenvalue weighted by Crippen LogP contribution is -2.19. The summed E-state index contributed by atoms with van der Waals surface area (Å²) < 4.78 is 5.52. The molecule has 1 N–H and O–H groups in total. The molecule has 4 nitrogen and oxygen atoms in total. The standard InChI is InChI=1S/C20H30O4/c1-4-16(12-8-6-5-7-11-15(2)3)24-20(23)18-14-10-9-13-17(18)19(21)22/h9-10,13-16H,4-8,11-12H2,1-3H3,(H,21,22). The molecule has 1 unspecified atom stereocenters. The van der Waals surface area contributed by atoms with Crippen molar-refractivity contribution in [3.8, 4) is 0 Å². The Labute approximate surface area is 145 Å². The van der Waals surface area contributed by atoms with Gasteiger partial charge in [-0.25, -0.2) is 9.59 Å². The summed E-state index contributed by atoms with van der Waals surface area (Å²) in [6.07, 6.45) is 7.33. The summed E-state index contributed by atoms with van der Waals surface area (Å²) >= 11 is 0. The van der Waals surface area contributed by atoms with Gasteiger partial charge in [0.1, 0.15) is 6.10 Å². The number of unbranched alkanes of at least 4 members (excludes halogenated alkanes) is 3. The second-order valence-corrected chi connectivity index (χ2v) is 6.67. The Kier molecular flexibility index (Phi) is 9.13. The van der Waals surface area contributed by atoms with E-state index in [1.54, 1.807) is 12.1 Å². The SMILES string of the molecule is CCC(CCCCCCC(C)C)OC(=O)c1ccccc1C(=O)O. The topological polar surface area (TPSA) is 63.6 Å². The van der Waals surface area contributed by atoms with Crippen molar-refractivity contribution in [1.29, 1.82) is 0 Å². The minimum absolute atomic E-state index is 0.00830. The van der Waals surface area contributed by atoms with Crippen LogP contribution in [0.15, 0.2) is 24.3 Å². The van der Waals surface area contributed by atoms with Crippen LogP contribution in [0.4, 0.5) is 0 Å². The van der Waals surface area contributed by atoms with Crippen molar-refractivity contribution < 1.29 is 19.4 Å². The van der Waals surface area contributed by atoms with Gasteiger partial charge in [-0.05, 0) is 37.3 Å². The molecule has 0 radical (unpaired) electrons. The fourth-order valence-electron chi connectivity index (χ4n) is 2.69. The Morgan fingerprint density at radius 3 is 2.12 bits per heavy atom. The number of carboxylic acid groups (broad SMARTS) is 1. The molecule has 0 heterocycles. The number of carboxylic acids is 1. The largest absolute Gasteiger partial charge is 0.478 e. The van der Waals surface area contributed by atoms with E-state index in [-0.39, 0.29) is 17.2 Å². The molecule has 0 fully saturated rings. The molecule has 1 rings (SSSR count). The van der Waals surface area contributed by atoms with Crippen LogP contribution in [0.5, 0.6) is 0 Å². The Morgan fingerprint density at radius 1 is 1.00 bits per heavy atom. The molecule has 0 aliphatic carbocycles. The first-order chi connectivity index (χ1) is 11.5. The van der Waals surface area contributed by atoms with E-state index < -0.39 is 11.9 Å². The number of hydrogen-bond acceptors (Lipinski definition) is 3. The van der Waals surface area contributed by atoms with Crippen molar-refractivity contribution in [2.24, 2.45) is 5.92 Å². The van der Waals surface area contributed by atoms with Crippen LogP contribution in [0.3, 0.4) is 0 Å². The van der Waals surface area contributed by atoms with Gasteiger partial charge in [0.05, 0.1) is 11.1 Å². The summed E-state index contributed by atoms with van der Waals surface area (Å²) in [7, 11) is 0. The van der Waals surface area contributed by atoms with Gasteiger partial charge in [0.2, 0.25) is 0 Å². The molecule has 1 atom stereocenters. The first-order valence-corrected chi connectivity index (χ1v) is 8.99. The minimum Gasteiger partial charge on any atom is -0.478 e. The van der Waals surface area contributed by atoms with Gasteiger partial charge in [0, 0.05) is 0 Å². The van der Waals surface area contributed by atoms with Crippen LogP contribution in [0.25, 0.3) is 0 Å². The smallest absolute Gasteiger partial charge is 0.339 e. The summed E-state index contributed by atoms with van der Waals surface area (Å²) in [5.74, 6) is -0.899. The Balaban J connectivity index is 2.45. The van der Waals surface area contributed by atoms with Crippen molar-refractivity contribution in [3.63, 3.8) is 0 Å². The number of ether oxygens (including phenoxy) is 1. The fraction of sp³-hybridized carbons (Fsp3) is 0.600. The second kappa shape index (κ2) is 10.8.